The van der Waals surface area contributed by atoms with Crippen LogP contribution < -0.4 is 10.5 Å². The standard InChI is InChI=1S/C11H17NO2/c1-8-3-9(2)5-11(4-8)14-7-10(13)6-12/h3-5,10,13H,6-7,12H2,1-2H3/i1D3,2D3,6D2,7D2,10D. The van der Waals surface area contributed by atoms with E-state index >= 15 is 0 Å². The second-order valence-corrected chi connectivity index (χ2v) is 2.44. The summed E-state index contributed by atoms with van der Waals surface area (Å²) in [7, 11) is 0. The number of rotatable bonds is 4. The van der Waals surface area contributed by atoms with Gasteiger partial charge in [-0.3, -0.25) is 0 Å². The monoisotopic (exact) mass is 206 g/mol. The molecular weight excluding hydrogens is 178 g/mol. The van der Waals surface area contributed by atoms with Gasteiger partial charge < -0.3 is 15.6 Å². The normalized spacial score (nSPS) is 30.3. The molecule has 1 atom stereocenters. The first-order valence-electron chi connectivity index (χ1n) is 9.15. The second-order valence-electron chi connectivity index (χ2n) is 2.44. The Morgan fingerprint density at radius 3 is 2.71 bits per heavy atom. The highest BCUT2D eigenvalue weighted by molar-refractivity contribution is 5.32. The van der Waals surface area contributed by atoms with Gasteiger partial charge in [0.25, 0.3) is 0 Å². The Bertz CT molecular complexity index is 598. The molecule has 1 rings (SSSR count). The van der Waals surface area contributed by atoms with Crippen molar-refractivity contribution in [1.82, 2.24) is 0 Å². The van der Waals surface area contributed by atoms with Crippen molar-refractivity contribution in [2.75, 3.05) is 13.1 Å². The largest absolute Gasteiger partial charge is 0.491 e. The van der Waals surface area contributed by atoms with Crippen LogP contribution in [0.5, 0.6) is 5.75 Å². The van der Waals surface area contributed by atoms with Crippen LogP contribution in [0.4, 0.5) is 0 Å². The molecule has 1 aromatic rings. The first-order valence-corrected chi connectivity index (χ1v) is 3.65. The molecule has 3 N–H and O–H groups in total. The molecule has 0 saturated carbocycles. The molecule has 1 unspecified atom stereocenters. The molecule has 0 bridgehead atoms. The molecule has 0 spiro atoms. The summed E-state index contributed by atoms with van der Waals surface area (Å²) in [6.07, 6.45) is -3.57. The van der Waals surface area contributed by atoms with Crippen molar-refractivity contribution < 1.29 is 24.9 Å². The van der Waals surface area contributed by atoms with Gasteiger partial charge in [0.15, 0.2) is 0 Å². The maximum Gasteiger partial charge on any atom is 0.119 e. The van der Waals surface area contributed by atoms with Gasteiger partial charge >= 0.3 is 0 Å². The van der Waals surface area contributed by atoms with Crippen molar-refractivity contribution in [3.63, 3.8) is 0 Å². The van der Waals surface area contributed by atoms with E-state index in [4.69, 9.17) is 25.5 Å². The Morgan fingerprint density at radius 2 is 2.21 bits per heavy atom. The van der Waals surface area contributed by atoms with Crippen LogP contribution in [0.1, 0.15) is 26.2 Å². The lowest BCUT2D eigenvalue weighted by atomic mass is 10.1. The van der Waals surface area contributed by atoms with E-state index in [1.807, 2.05) is 0 Å². The fourth-order valence-corrected chi connectivity index (χ4v) is 0.795. The van der Waals surface area contributed by atoms with Crippen molar-refractivity contribution in [1.29, 1.82) is 0 Å². The number of aryl methyl sites for hydroxylation is 2. The minimum atomic E-state index is -3.57. The average Bonchev–Trinajstić information content (AvgIpc) is 2.34. The summed E-state index contributed by atoms with van der Waals surface area (Å²) in [6.45, 7) is -12.1. The van der Waals surface area contributed by atoms with Crippen LogP contribution in [0.3, 0.4) is 0 Å². The van der Waals surface area contributed by atoms with E-state index in [1.54, 1.807) is 0 Å². The molecule has 3 nitrogen and oxygen atoms in total. The minimum absolute atomic E-state index is 0.462. The van der Waals surface area contributed by atoms with Gasteiger partial charge in [0, 0.05) is 17.5 Å². The van der Waals surface area contributed by atoms with E-state index in [1.165, 1.54) is 0 Å². The molecule has 0 aliphatic heterocycles. The van der Waals surface area contributed by atoms with Gasteiger partial charge in [-0.05, 0) is 37.0 Å². The number of aliphatic hydroxyl groups is 1. The molecule has 0 heterocycles. The predicted molar refractivity (Wildman–Crippen MR) is 56.5 cm³/mol. The van der Waals surface area contributed by atoms with Crippen LogP contribution in [-0.2, 0) is 0 Å². The van der Waals surface area contributed by atoms with E-state index in [2.05, 4.69) is 0 Å². The maximum absolute atomic E-state index is 9.74. The SMILES string of the molecule is [2H]C([2H])([2H])c1cc(OC([2H])([2H])C([2H])(O)C([2H])([2H])N)cc(C([2H])([2H])[2H])c1. The van der Waals surface area contributed by atoms with E-state index in [-0.39, 0.29) is 0 Å². The molecule has 0 radical (unpaired) electrons. The van der Waals surface area contributed by atoms with Gasteiger partial charge in [-0.2, -0.15) is 0 Å². The predicted octanol–water partition coefficient (Wildman–Crippen LogP) is 1.00. The lowest BCUT2D eigenvalue weighted by Crippen LogP contribution is -2.26. The van der Waals surface area contributed by atoms with Crippen LogP contribution in [0.25, 0.3) is 0 Å². The summed E-state index contributed by atoms with van der Waals surface area (Å²) in [5.41, 5.74) is 4.02. The highest BCUT2D eigenvalue weighted by atomic mass is 16.5. The van der Waals surface area contributed by atoms with Crippen molar-refractivity contribution in [2.45, 2.75) is 19.8 Å². The fraction of sp³-hybridized carbons (Fsp3) is 0.455. The van der Waals surface area contributed by atoms with Crippen LogP contribution in [0.2, 0.25) is 0 Å². The van der Waals surface area contributed by atoms with Crippen LogP contribution in [0.15, 0.2) is 18.2 Å². The van der Waals surface area contributed by atoms with E-state index in [0.717, 1.165) is 18.2 Å². The summed E-state index contributed by atoms with van der Waals surface area (Å²) in [5.74, 6) is -0.611. The molecule has 14 heavy (non-hydrogen) atoms. The molecule has 3 heteroatoms. The maximum atomic E-state index is 9.74. The second kappa shape index (κ2) is 4.98. The Balaban J connectivity index is 3.43. The summed E-state index contributed by atoms with van der Waals surface area (Å²) in [5, 5.41) is 9.74. The molecule has 0 amide bonds. The first-order chi connectivity index (χ1) is 10.8. The zero-order valence-corrected chi connectivity index (χ0v) is 7.16. The Hall–Kier alpha value is -1.06. The van der Waals surface area contributed by atoms with E-state index in [9.17, 15) is 5.11 Å². The van der Waals surface area contributed by atoms with Gasteiger partial charge in [-0.1, -0.05) is 6.07 Å². The zero-order chi connectivity index (χ0) is 20.1. The van der Waals surface area contributed by atoms with E-state index < -0.39 is 49.7 Å². The Morgan fingerprint density at radius 1 is 1.57 bits per heavy atom. The highest BCUT2D eigenvalue weighted by Crippen LogP contribution is 2.16. The van der Waals surface area contributed by atoms with Gasteiger partial charge in [0.05, 0.1) is 4.11 Å². The minimum Gasteiger partial charge on any atom is -0.491 e. The molecule has 0 aromatic heterocycles. The van der Waals surface area contributed by atoms with Crippen molar-refractivity contribution >= 4 is 0 Å². The lowest BCUT2D eigenvalue weighted by molar-refractivity contribution is 0.114. The Labute approximate surface area is 100.0 Å². The number of hydrogen-bond acceptors (Lipinski definition) is 3. The van der Waals surface area contributed by atoms with Crippen LogP contribution >= 0.6 is 0 Å². The van der Waals surface area contributed by atoms with Crippen molar-refractivity contribution in [3.05, 3.63) is 29.3 Å². The summed E-state index contributed by atoms with van der Waals surface area (Å²) in [6, 6.07) is 2.53. The molecule has 0 aliphatic carbocycles. The molecular formula is C11H17NO2. The topological polar surface area (TPSA) is 55.5 Å². The highest BCUT2D eigenvalue weighted by Gasteiger charge is 2.02. The summed E-state index contributed by atoms with van der Waals surface area (Å²) < 4.78 is 85.8. The van der Waals surface area contributed by atoms with Crippen molar-refractivity contribution in [3.8, 4) is 5.75 Å². The summed E-state index contributed by atoms with van der Waals surface area (Å²) >= 11 is 0. The van der Waals surface area contributed by atoms with Crippen LogP contribution in [-0.4, -0.2) is 24.2 Å². The number of benzene rings is 1. The first kappa shape index (κ1) is 3.22. The third-order valence-electron chi connectivity index (χ3n) is 1.31. The summed E-state index contributed by atoms with van der Waals surface area (Å²) in [4.78, 5) is 0. The average molecular weight is 206 g/mol. The number of ether oxygens (including phenoxy) is 1. The third kappa shape index (κ3) is 3.36. The number of hydrogen-bond donors (Lipinski definition) is 2. The van der Waals surface area contributed by atoms with Gasteiger partial charge in [-0.25, -0.2) is 0 Å². The van der Waals surface area contributed by atoms with E-state index in [0.29, 0.717) is 0 Å². The Kier molecular flexibility index (Phi) is 1.14. The molecule has 1 aromatic carbocycles. The smallest absolute Gasteiger partial charge is 0.119 e. The van der Waals surface area contributed by atoms with Gasteiger partial charge in [-0.15, -0.1) is 0 Å². The van der Waals surface area contributed by atoms with Gasteiger partial charge in [0.2, 0.25) is 0 Å². The third-order valence-corrected chi connectivity index (χ3v) is 1.31. The van der Waals surface area contributed by atoms with Gasteiger partial charge in [0.1, 0.15) is 18.4 Å². The van der Waals surface area contributed by atoms with Crippen LogP contribution in [0, 0.1) is 13.7 Å². The lowest BCUT2D eigenvalue weighted by Gasteiger charge is -2.11. The van der Waals surface area contributed by atoms with Crippen molar-refractivity contribution in [2.24, 2.45) is 5.73 Å². The molecule has 0 aliphatic rings. The molecule has 78 valence electrons. The fourth-order valence-electron chi connectivity index (χ4n) is 0.795. The quantitative estimate of drug-likeness (QED) is 0.773. The molecule has 0 saturated heterocycles. The zero-order valence-electron chi connectivity index (χ0n) is 18.2. The molecule has 0 fully saturated rings. The number of nitrogens with two attached hydrogens (primary N) is 1.